The fourth-order valence-electron chi connectivity index (χ4n) is 3.03. The minimum Gasteiger partial charge on any atom is -0.389 e. The zero-order chi connectivity index (χ0) is 15.1. The van der Waals surface area contributed by atoms with Crippen LogP contribution in [0.1, 0.15) is 51.4 Å². The van der Waals surface area contributed by atoms with Gasteiger partial charge in [-0.25, -0.2) is 0 Å². The number of carbonyl (C=O) groups excluding carboxylic acids is 2. The molecule has 0 bridgehead atoms. The maximum Gasteiger partial charge on any atom is 0.223 e. The van der Waals surface area contributed by atoms with Gasteiger partial charge in [-0.1, -0.05) is 28.0 Å². The SMILES string of the molecule is O=C(CO)C1CCCCN1C(=O)CCCCC1CCSS1. The molecule has 2 atom stereocenters. The molecule has 1 amide bonds. The third kappa shape index (κ3) is 5.18. The first-order valence-corrected chi connectivity index (χ1v) is 10.3. The average Bonchev–Trinajstić information content (AvgIpc) is 3.04. The lowest BCUT2D eigenvalue weighted by Gasteiger charge is -2.34. The maximum atomic E-state index is 12.3. The predicted molar refractivity (Wildman–Crippen MR) is 88.4 cm³/mol. The van der Waals surface area contributed by atoms with Crippen LogP contribution in [-0.2, 0) is 9.59 Å². The van der Waals surface area contributed by atoms with Gasteiger partial charge in [-0.05, 0) is 38.5 Å². The van der Waals surface area contributed by atoms with Gasteiger partial charge in [-0.3, -0.25) is 9.59 Å². The first kappa shape index (κ1) is 17.2. The first-order chi connectivity index (χ1) is 10.2. The van der Waals surface area contributed by atoms with Crippen molar-refractivity contribution in [1.29, 1.82) is 0 Å². The molecule has 2 fully saturated rings. The summed E-state index contributed by atoms with van der Waals surface area (Å²) in [4.78, 5) is 25.8. The molecule has 0 radical (unpaired) electrons. The highest BCUT2D eigenvalue weighted by molar-refractivity contribution is 8.77. The van der Waals surface area contributed by atoms with Crippen molar-refractivity contribution in [3.8, 4) is 0 Å². The lowest BCUT2D eigenvalue weighted by Crippen LogP contribution is -2.48. The van der Waals surface area contributed by atoms with Crippen LogP contribution in [0.4, 0.5) is 0 Å². The van der Waals surface area contributed by atoms with Crippen molar-refractivity contribution in [1.82, 2.24) is 4.90 Å². The highest BCUT2D eigenvalue weighted by Gasteiger charge is 2.30. The minimum absolute atomic E-state index is 0.0925. The van der Waals surface area contributed by atoms with Crippen LogP contribution in [0.3, 0.4) is 0 Å². The van der Waals surface area contributed by atoms with E-state index < -0.39 is 6.61 Å². The summed E-state index contributed by atoms with van der Waals surface area (Å²) in [5.74, 6) is 1.14. The van der Waals surface area contributed by atoms with Crippen LogP contribution >= 0.6 is 21.6 Å². The number of ketones is 1. The second-order valence-electron chi connectivity index (χ2n) is 5.80. The largest absolute Gasteiger partial charge is 0.389 e. The van der Waals surface area contributed by atoms with Crippen molar-refractivity contribution in [2.24, 2.45) is 0 Å². The van der Waals surface area contributed by atoms with Crippen molar-refractivity contribution in [2.75, 3.05) is 18.9 Å². The summed E-state index contributed by atoms with van der Waals surface area (Å²) in [6.45, 7) is 0.218. The van der Waals surface area contributed by atoms with Crippen molar-refractivity contribution in [3.05, 3.63) is 0 Å². The number of aliphatic hydroxyl groups is 1. The van der Waals surface area contributed by atoms with Gasteiger partial charge in [0.25, 0.3) is 0 Å². The second kappa shape index (κ2) is 9.06. The zero-order valence-corrected chi connectivity index (χ0v) is 14.1. The van der Waals surface area contributed by atoms with Gasteiger partial charge in [0.05, 0.1) is 6.04 Å². The standard InChI is InChI=1S/C15H25NO3S2/c17-11-14(18)13-6-3-4-9-16(13)15(19)7-2-1-5-12-8-10-20-21-12/h12-13,17H,1-11H2. The molecule has 2 rings (SSSR count). The lowest BCUT2D eigenvalue weighted by molar-refractivity contribution is -0.142. The topological polar surface area (TPSA) is 57.6 Å². The fourth-order valence-corrected chi connectivity index (χ4v) is 6.05. The van der Waals surface area contributed by atoms with Crippen LogP contribution in [0.5, 0.6) is 0 Å². The molecule has 6 heteroatoms. The third-order valence-corrected chi connectivity index (χ3v) is 7.25. The zero-order valence-electron chi connectivity index (χ0n) is 12.5. The van der Waals surface area contributed by atoms with Gasteiger partial charge in [0.2, 0.25) is 5.91 Å². The number of unbranched alkanes of at least 4 members (excludes halogenated alkanes) is 1. The van der Waals surface area contributed by atoms with Gasteiger partial charge < -0.3 is 10.0 Å². The Balaban J connectivity index is 1.71. The molecular formula is C15H25NO3S2. The third-order valence-electron chi connectivity index (χ3n) is 4.24. The van der Waals surface area contributed by atoms with Crippen LogP contribution in [-0.4, -0.2) is 51.9 Å². The van der Waals surface area contributed by atoms with Crippen molar-refractivity contribution in [2.45, 2.75) is 62.7 Å². The monoisotopic (exact) mass is 331 g/mol. The van der Waals surface area contributed by atoms with Crippen LogP contribution in [0.15, 0.2) is 0 Å². The molecule has 2 unspecified atom stereocenters. The molecule has 2 heterocycles. The molecule has 21 heavy (non-hydrogen) atoms. The molecule has 0 aromatic rings. The van der Waals surface area contributed by atoms with Crippen molar-refractivity contribution in [3.63, 3.8) is 0 Å². The van der Waals surface area contributed by atoms with Crippen molar-refractivity contribution >= 4 is 33.3 Å². The fraction of sp³-hybridized carbons (Fsp3) is 0.867. The Labute approximate surface area is 134 Å². The van der Waals surface area contributed by atoms with E-state index in [0.29, 0.717) is 19.4 Å². The van der Waals surface area contributed by atoms with E-state index in [0.717, 1.165) is 30.9 Å². The summed E-state index contributed by atoms with van der Waals surface area (Å²) in [5.41, 5.74) is 0. The number of hydrogen-bond donors (Lipinski definition) is 1. The number of carbonyl (C=O) groups is 2. The highest BCUT2D eigenvalue weighted by atomic mass is 33.1. The van der Waals surface area contributed by atoms with Crippen LogP contribution < -0.4 is 0 Å². The Kier molecular flexibility index (Phi) is 7.40. The Hall–Kier alpha value is -0.200. The van der Waals surface area contributed by atoms with Crippen LogP contribution in [0.25, 0.3) is 0 Å². The number of likely N-dealkylation sites (tertiary alicyclic amines) is 1. The van der Waals surface area contributed by atoms with E-state index in [4.69, 9.17) is 5.11 Å². The van der Waals surface area contributed by atoms with Gasteiger partial charge in [-0.2, -0.15) is 0 Å². The predicted octanol–water partition coefficient (Wildman–Crippen LogP) is 2.64. The van der Waals surface area contributed by atoms with E-state index in [-0.39, 0.29) is 17.7 Å². The molecular weight excluding hydrogens is 306 g/mol. The maximum absolute atomic E-state index is 12.3. The summed E-state index contributed by atoms with van der Waals surface area (Å²) in [5, 5.41) is 9.80. The van der Waals surface area contributed by atoms with E-state index in [9.17, 15) is 9.59 Å². The molecule has 2 saturated heterocycles. The summed E-state index contributed by atoms with van der Waals surface area (Å²) in [6, 6.07) is -0.377. The second-order valence-corrected chi connectivity index (χ2v) is 8.59. The minimum atomic E-state index is -0.453. The van der Waals surface area contributed by atoms with E-state index in [1.165, 1.54) is 18.6 Å². The molecule has 2 aliphatic rings. The number of piperidine rings is 1. The number of hydrogen-bond acceptors (Lipinski definition) is 5. The molecule has 0 aromatic carbocycles. The van der Waals surface area contributed by atoms with Crippen LogP contribution in [0, 0.1) is 0 Å². The smallest absolute Gasteiger partial charge is 0.223 e. The average molecular weight is 332 g/mol. The Bertz CT molecular complexity index is 359. The van der Waals surface area contributed by atoms with Gasteiger partial charge in [-0.15, -0.1) is 0 Å². The van der Waals surface area contributed by atoms with Gasteiger partial charge in [0.15, 0.2) is 5.78 Å². The van der Waals surface area contributed by atoms with Gasteiger partial charge >= 0.3 is 0 Å². The molecule has 2 aliphatic heterocycles. The Morgan fingerprint density at radius 2 is 2.05 bits per heavy atom. The highest BCUT2D eigenvalue weighted by Crippen LogP contribution is 2.39. The molecule has 120 valence electrons. The van der Waals surface area contributed by atoms with E-state index in [1.54, 1.807) is 4.90 Å². The normalized spacial score (nSPS) is 26.0. The summed E-state index contributed by atoms with van der Waals surface area (Å²) in [7, 11) is 3.94. The molecule has 0 saturated carbocycles. The number of nitrogens with zero attached hydrogens (tertiary/aromatic N) is 1. The molecule has 0 spiro atoms. The molecule has 0 aromatic heterocycles. The van der Waals surface area contributed by atoms with E-state index in [1.807, 2.05) is 21.6 Å². The van der Waals surface area contributed by atoms with E-state index in [2.05, 4.69) is 0 Å². The number of aliphatic hydroxyl groups excluding tert-OH is 1. The Morgan fingerprint density at radius 1 is 1.19 bits per heavy atom. The first-order valence-electron chi connectivity index (χ1n) is 7.93. The summed E-state index contributed by atoms with van der Waals surface area (Å²) < 4.78 is 0. The lowest BCUT2D eigenvalue weighted by atomic mass is 9.98. The number of Topliss-reactive ketones (excluding diaryl/α,β-unsaturated/α-hetero) is 1. The summed E-state index contributed by atoms with van der Waals surface area (Å²) in [6.07, 6.45) is 7.69. The van der Waals surface area contributed by atoms with Gasteiger partial charge in [0, 0.05) is 24.0 Å². The van der Waals surface area contributed by atoms with Crippen LogP contribution in [0.2, 0.25) is 0 Å². The molecule has 4 nitrogen and oxygen atoms in total. The quantitative estimate of drug-likeness (QED) is 0.574. The molecule has 1 N–H and O–H groups in total. The summed E-state index contributed by atoms with van der Waals surface area (Å²) >= 11 is 0. The Morgan fingerprint density at radius 3 is 2.76 bits per heavy atom. The molecule has 0 aliphatic carbocycles. The van der Waals surface area contributed by atoms with E-state index >= 15 is 0 Å². The number of rotatable bonds is 7. The number of amides is 1. The van der Waals surface area contributed by atoms with Crippen molar-refractivity contribution < 1.29 is 14.7 Å². The van der Waals surface area contributed by atoms with Gasteiger partial charge in [0.1, 0.15) is 6.61 Å².